The number of hydrogen-bond donors (Lipinski definition) is 1. The van der Waals surface area contributed by atoms with Crippen molar-refractivity contribution in [2.45, 2.75) is 24.4 Å². The van der Waals surface area contributed by atoms with Gasteiger partial charge in [0.05, 0.1) is 23.0 Å². The minimum Gasteiger partial charge on any atom is -0.313 e. The van der Waals surface area contributed by atoms with E-state index in [9.17, 15) is 4.79 Å². The number of aromatic nitrogens is 4. The highest BCUT2D eigenvalue weighted by molar-refractivity contribution is 7.99. The van der Waals surface area contributed by atoms with Crippen molar-refractivity contribution in [1.82, 2.24) is 25.5 Å². The zero-order chi connectivity index (χ0) is 21.8. The second-order valence-corrected chi connectivity index (χ2v) is 8.23. The molecule has 1 aliphatic rings. The Hall–Kier alpha value is -3.04. The lowest BCUT2D eigenvalue weighted by Gasteiger charge is -2.21. The molecule has 3 aromatic rings. The summed E-state index contributed by atoms with van der Waals surface area (Å²) in [5.41, 5.74) is 3.37. The van der Waals surface area contributed by atoms with Gasteiger partial charge >= 0.3 is 0 Å². The summed E-state index contributed by atoms with van der Waals surface area (Å²) in [4.78, 5) is 22.5. The number of aliphatic imine (C=N–C) groups is 2. The number of amidine groups is 1. The van der Waals surface area contributed by atoms with Gasteiger partial charge in [-0.25, -0.2) is 9.67 Å². The summed E-state index contributed by atoms with van der Waals surface area (Å²) in [6.07, 6.45) is 0.704. The molecular formula is C21H20ClN7OS. The van der Waals surface area contributed by atoms with Crippen molar-refractivity contribution in [3.8, 4) is 0 Å². The van der Waals surface area contributed by atoms with E-state index < -0.39 is 0 Å². The molecule has 31 heavy (non-hydrogen) atoms. The van der Waals surface area contributed by atoms with Gasteiger partial charge in [0.1, 0.15) is 5.84 Å². The number of nitrogens with zero attached hydrogens (tertiary/aromatic N) is 6. The summed E-state index contributed by atoms with van der Waals surface area (Å²) >= 11 is 7.36. The van der Waals surface area contributed by atoms with Gasteiger partial charge in [0, 0.05) is 17.8 Å². The van der Waals surface area contributed by atoms with Crippen LogP contribution in [0.1, 0.15) is 24.8 Å². The third-order valence-electron chi connectivity index (χ3n) is 4.74. The Kier molecular flexibility index (Phi) is 6.43. The molecule has 0 unspecified atom stereocenters. The van der Waals surface area contributed by atoms with E-state index in [1.807, 2.05) is 55.5 Å². The molecule has 10 heteroatoms. The van der Waals surface area contributed by atoms with Gasteiger partial charge in [0.15, 0.2) is 0 Å². The number of amides is 1. The molecule has 1 N–H and O–H groups in total. The topological polar surface area (TPSA) is 97.4 Å². The molecule has 0 saturated heterocycles. The van der Waals surface area contributed by atoms with Crippen LogP contribution in [0, 0.1) is 0 Å². The van der Waals surface area contributed by atoms with E-state index in [1.54, 1.807) is 7.05 Å². The molecule has 2 heterocycles. The van der Waals surface area contributed by atoms with E-state index in [0.29, 0.717) is 28.1 Å². The first-order valence-corrected chi connectivity index (χ1v) is 11.1. The zero-order valence-corrected chi connectivity index (χ0v) is 18.6. The molecule has 1 amide bonds. The lowest BCUT2D eigenvalue weighted by molar-refractivity contribution is -0.117. The number of benzene rings is 2. The smallest absolute Gasteiger partial charge is 0.235 e. The summed E-state index contributed by atoms with van der Waals surface area (Å²) in [5, 5.41) is 15.5. The fourth-order valence-corrected chi connectivity index (χ4v) is 4.04. The van der Waals surface area contributed by atoms with Crippen LogP contribution < -0.4 is 5.32 Å². The van der Waals surface area contributed by atoms with Crippen molar-refractivity contribution < 1.29 is 4.79 Å². The minimum absolute atomic E-state index is 0.154. The van der Waals surface area contributed by atoms with Crippen molar-refractivity contribution in [3.63, 3.8) is 0 Å². The second kappa shape index (κ2) is 9.40. The average molecular weight is 454 g/mol. The first kappa shape index (κ1) is 21.2. The molecule has 0 bridgehead atoms. The third kappa shape index (κ3) is 4.83. The molecule has 1 aliphatic heterocycles. The van der Waals surface area contributed by atoms with Gasteiger partial charge in [-0.2, -0.15) is 0 Å². The molecule has 1 atom stereocenters. The average Bonchev–Trinajstić information content (AvgIpc) is 3.11. The van der Waals surface area contributed by atoms with E-state index >= 15 is 0 Å². The molecule has 8 nitrogen and oxygen atoms in total. The molecule has 0 spiro atoms. The van der Waals surface area contributed by atoms with Gasteiger partial charge in [-0.1, -0.05) is 54.6 Å². The van der Waals surface area contributed by atoms with Gasteiger partial charge in [-0.3, -0.25) is 9.79 Å². The number of aryl methyl sites for hydroxylation is 1. The Bertz CT molecular complexity index is 1160. The Balaban J connectivity index is 1.67. The number of nitrogens with one attached hydrogen (secondary N) is 1. The Morgan fingerprint density at radius 2 is 1.84 bits per heavy atom. The number of carbonyl (C=O) groups is 1. The Labute approximate surface area is 188 Å². The quantitative estimate of drug-likeness (QED) is 0.587. The van der Waals surface area contributed by atoms with Crippen LogP contribution in [0.4, 0.5) is 11.4 Å². The molecule has 158 valence electrons. The first-order chi connectivity index (χ1) is 15.0. The Morgan fingerprint density at radius 3 is 2.48 bits per heavy atom. The van der Waals surface area contributed by atoms with Gasteiger partial charge in [0.2, 0.25) is 11.1 Å². The summed E-state index contributed by atoms with van der Waals surface area (Å²) in [6.45, 7) is 2.05. The maximum Gasteiger partial charge on any atom is 0.235 e. The monoisotopic (exact) mass is 453 g/mol. The number of thioether (sulfide) groups is 1. The lowest BCUT2D eigenvalue weighted by Crippen LogP contribution is -2.38. The van der Waals surface area contributed by atoms with Crippen LogP contribution in [0.5, 0.6) is 0 Å². The number of hydrogen-bond acceptors (Lipinski definition) is 7. The number of rotatable bonds is 5. The number of carbonyl (C=O) groups excluding carboxylic acids is 1. The van der Waals surface area contributed by atoms with Crippen molar-refractivity contribution >= 4 is 52.2 Å². The van der Waals surface area contributed by atoms with E-state index in [4.69, 9.17) is 21.6 Å². The molecule has 0 radical (unpaired) electrons. The SMILES string of the molecule is CCC1=Nc2ccccc2N=C(NC(=O)CSc2nnnn2C)[C@H]1c1ccc(Cl)cc1. The van der Waals surface area contributed by atoms with Crippen LogP contribution >= 0.6 is 23.4 Å². The number of fused-ring (bicyclic) bond motifs is 1. The third-order valence-corrected chi connectivity index (χ3v) is 6.00. The molecule has 0 fully saturated rings. The summed E-state index contributed by atoms with van der Waals surface area (Å²) < 4.78 is 1.52. The van der Waals surface area contributed by atoms with Gasteiger partial charge in [0.25, 0.3) is 0 Å². The molecule has 2 aromatic carbocycles. The largest absolute Gasteiger partial charge is 0.313 e. The zero-order valence-electron chi connectivity index (χ0n) is 17.0. The Morgan fingerprint density at radius 1 is 1.13 bits per heavy atom. The van der Waals surface area contributed by atoms with E-state index in [1.165, 1.54) is 16.4 Å². The second-order valence-electron chi connectivity index (χ2n) is 6.85. The van der Waals surface area contributed by atoms with Gasteiger partial charge in [-0.15, -0.1) is 5.10 Å². The van der Waals surface area contributed by atoms with Crippen LogP contribution in [-0.2, 0) is 11.8 Å². The van der Waals surface area contributed by atoms with Crippen LogP contribution in [0.25, 0.3) is 0 Å². The van der Waals surface area contributed by atoms with Crippen LogP contribution in [-0.4, -0.2) is 43.4 Å². The standard InChI is InChI=1S/C21H20ClN7OS/c1-3-15-19(13-8-10-14(22)11-9-13)20(24-17-7-5-4-6-16(17)23-15)25-18(30)12-31-21-26-27-28-29(21)2/h4-11,19H,3,12H2,1-2H3,(H,24,25,30)/t19-/m0/s1. The number of halogens is 1. The summed E-state index contributed by atoms with van der Waals surface area (Å²) in [7, 11) is 1.73. The normalized spacial score (nSPS) is 15.5. The van der Waals surface area contributed by atoms with Gasteiger partial charge < -0.3 is 5.32 Å². The highest BCUT2D eigenvalue weighted by atomic mass is 35.5. The van der Waals surface area contributed by atoms with Crippen molar-refractivity contribution in [1.29, 1.82) is 0 Å². The summed E-state index contributed by atoms with van der Waals surface area (Å²) in [6, 6.07) is 15.2. The van der Waals surface area contributed by atoms with Crippen molar-refractivity contribution in [2.24, 2.45) is 17.0 Å². The fraction of sp³-hybridized carbons (Fsp3) is 0.238. The number of para-hydroxylation sites is 2. The minimum atomic E-state index is -0.292. The maximum absolute atomic E-state index is 12.8. The van der Waals surface area contributed by atoms with Crippen molar-refractivity contribution in [3.05, 3.63) is 59.1 Å². The lowest BCUT2D eigenvalue weighted by atomic mass is 9.91. The fourth-order valence-electron chi connectivity index (χ4n) is 3.27. The highest BCUT2D eigenvalue weighted by Gasteiger charge is 2.28. The van der Waals surface area contributed by atoms with Crippen LogP contribution in [0.15, 0.2) is 63.7 Å². The molecule has 1 aromatic heterocycles. The molecule has 0 saturated carbocycles. The summed E-state index contributed by atoms with van der Waals surface area (Å²) in [5.74, 6) is 0.205. The van der Waals surface area contributed by atoms with E-state index in [2.05, 4.69) is 20.8 Å². The number of tetrazole rings is 1. The van der Waals surface area contributed by atoms with Gasteiger partial charge in [-0.05, 0) is 46.7 Å². The van der Waals surface area contributed by atoms with Crippen LogP contribution in [0.2, 0.25) is 5.02 Å². The van der Waals surface area contributed by atoms with E-state index in [0.717, 1.165) is 17.0 Å². The maximum atomic E-state index is 12.8. The molecule has 4 rings (SSSR count). The van der Waals surface area contributed by atoms with Crippen molar-refractivity contribution in [2.75, 3.05) is 5.75 Å². The molecular weight excluding hydrogens is 434 g/mol. The predicted octanol–water partition coefficient (Wildman–Crippen LogP) is 4.08. The highest BCUT2D eigenvalue weighted by Crippen LogP contribution is 2.35. The first-order valence-electron chi connectivity index (χ1n) is 9.70. The molecule has 0 aliphatic carbocycles. The predicted molar refractivity (Wildman–Crippen MR) is 123 cm³/mol. The van der Waals surface area contributed by atoms with E-state index in [-0.39, 0.29) is 17.6 Å². The van der Waals surface area contributed by atoms with Crippen LogP contribution in [0.3, 0.4) is 0 Å².